The molecule has 1 N–H and O–H groups in total. The van der Waals surface area contributed by atoms with Crippen molar-refractivity contribution in [1.82, 2.24) is 10.2 Å². The number of likely N-dealkylation sites (tertiary alicyclic amines) is 1. The summed E-state index contributed by atoms with van der Waals surface area (Å²) < 4.78 is 10.7. The summed E-state index contributed by atoms with van der Waals surface area (Å²) >= 11 is 0. The minimum atomic E-state index is -0.573. The Morgan fingerprint density at radius 2 is 1.59 bits per heavy atom. The van der Waals surface area contributed by atoms with E-state index in [0.717, 1.165) is 12.8 Å². The van der Waals surface area contributed by atoms with Gasteiger partial charge in [-0.05, 0) is 54.7 Å². The molecule has 2 aromatic carbocycles. The highest BCUT2D eigenvalue weighted by Gasteiger charge is 2.42. The molecule has 1 aliphatic carbocycles. The maximum absolute atomic E-state index is 13.0. The summed E-state index contributed by atoms with van der Waals surface area (Å²) in [6.07, 6.45) is 6.63. The summed E-state index contributed by atoms with van der Waals surface area (Å²) in [6, 6.07) is 15.6. The number of esters is 1. The molecule has 2 fully saturated rings. The van der Waals surface area contributed by atoms with Crippen LogP contribution in [0.1, 0.15) is 48.9 Å². The van der Waals surface area contributed by atoms with Gasteiger partial charge in [0.25, 0.3) is 5.91 Å². The van der Waals surface area contributed by atoms with E-state index < -0.39 is 6.04 Å². The number of ether oxygens (including phenoxy) is 2. The van der Waals surface area contributed by atoms with Crippen LogP contribution >= 0.6 is 0 Å². The van der Waals surface area contributed by atoms with Gasteiger partial charge in [0.05, 0.1) is 13.7 Å². The molecule has 2 amide bonds. The number of methoxy groups -OCH3 is 1. The predicted octanol–water partition coefficient (Wildman–Crippen LogP) is 4.18. The number of hydrogen-bond acceptors (Lipinski definition) is 5. The number of benzene rings is 2. The highest BCUT2D eigenvalue weighted by Crippen LogP contribution is 2.37. The first-order valence-electron chi connectivity index (χ1n) is 12.0. The molecule has 180 valence electrons. The van der Waals surface area contributed by atoms with E-state index in [-0.39, 0.29) is 24.3 Å². The van der Waals surface area contributed by atoms with Crippen LogP contribution in [0.5, 0.6) is 11.5 Å². The maximum atomic E-state index is 13.0. The Bertz CT molecular complexity index is 986. The van der Waals surface area contributed by atoms with E-state index in [2.05, 4.69) is 5.32 Å². The largest absolute Gasteiger partial charge is 0.467 e. The molecule has 2 aliphatic rings. The number of nitrogens with zero attached hydrogens (tertiary/aromatic N) is 1. The SMILES string of the molecule is COC(=O)[C@@H]1C[C@H](C2CCCCC2)CN1C(=O)CNC(=O)c1ccc(Oc2ccccc2)cc1. The Balaban J connectivity index is 1.33. The van der Waals surface area contributed by atoms with Crippen LogP contribution in [0.15, 0.2) is 54.6 Å². The second-order valence-electron chi connectivity index (χ2n) is 9.10. The second-order valence-corrected chi connectivity index (χ2v) is 9.10. The van der Waals surface area contributed by atoms with Crippen molar-refractivity contribution in [3.05, 3.63) is 60.2 Å². The molecule has 0 bridgehead atoms. The van der Waals surface area contributed by atoms with Crippen molar-refractivity contribution in [3.63, 3.8) is 0 Å². The van der Waals surface area contributed by atoms with Crippen molar-refractivity contribution in [2.24, 2.45) is 11.8 Å². The molecule has 4 rings (SSSR count). The molecule has 34 heavy (non-hydrogen) atoms. The van der Waals surface area contributed by atoms with Gasteiger partial charge in [0.1, 0.15) is 17.5 Å². The zero-order valence-electron chi connectivity index (χ0n) is 19.6. The van der Waals surface area contributed by atoms with Crippen molar-refractivity contribution in [2.75, 3.05) is 20.2 Å². The lowest BCUT2D eigenvalue weighted by molar-refractivity contribution is -0.150. The Kier molecular flexibility index (Phi) is 7.83. The first kappa shape index (κ1) is 23.8. The molecule has 0 spiro atoms. The van der Waals surface area contributed by atoms with Crippen LogP contribution in [-0.2, 0) is 14.3 Å². The van der Waals surface area contributed by atoms with Gasteiger partial charge >= 0.3 is 5.97 Å². The molecule has 7 nitrogen and oxygen atoms in total. The molecule has 0 unspecified atom stereocenters. The Hall–Kier alpha value is -3.35. The minimum absolute atomic E-state index is 0.161. The molecule has 2 aromatic rings. The average molecular weight is 465 g/mol. The molecule has 1 aliphatic heterocycles. The molecular weight excluding hydrogens is 432 g/mol. The van der Waals surface area contributed by atoms with E-state index in [9.17, 15) is 14.4 Å². The molecule has 0 aromatic heterocycles. The third-order valence-corrected chi connectivity index (χ3v) is 6.94. The fourth-order valence-corrected chi connectivity index (χ4v) is 5.11. The highest BCUT2D eigenvalue weighted by atomic mass is 16.5. The summed E-state index contributed by atoms with van der Waals surface area (Å²) in [7, 11) is 1.35. The monoisotopic (exact) mass is 464 g/mol. The molecule has 1 heterocycles. The first-order chi connectivity index (χ1) is 16.5. The third kappa shape index (κ3) is 5.76. The molecule has 7 heteroatoms. The number of rotatable bonds is 7. The van der Waals surface area contributed by atoms with Crippen LogP contribution < -0.4 is 10.1 Å². The molecule has 1 saturated heterocycles. The number of carbonyl (C=O) groups is 3. The van der Waals surface area contributed by atoms with Crippen molar-refractivity contribution in [2.45, 2.75) is 44.6 Å². The summed E-state index contributed by atoms with van der Waals surface area (Å²) in [5.74, 6) is 1.19. The first-order valence-corrected chi connectivity index (χ1v) is 12.0. The zero-order valence-corrected chi connectivity index (χ0v) is 19.6. The summed E-state index contributed by atoms with van der Waals surface area (Å²) in [5.41, 5.74) is 0.430. The topological polar surface area (TPSA) is 84.9 Å². The highest BCUT2D eigenvalue weighted by molar-refractivity contribution is 5.97. The standard InChI is InChI=1S/C27H32N2O5/c1-33-27(32)24-16-21(19-8-4-2-5-9-19)18-29(24)25(30)17-28-26(31)20-12-14-23(15-13-20)34-22-10-6-3-7-11-22/h3,6-7,10-15,19,21,24H,2,4-5,8-9,16-18H2,1H3,(H,28,31)/t21-,24-/m0/s1. The van der Waals surface area contributed by atoms with E-state index in [1.54, 1.807) is 29.2 Å². The summed E-state index contributed by atoms with van der Waals surface area (Å²) in [6.45, 7) is 0.386. The smallest absolute Gasteiger partial charge is 0.328 e. The number of para-hydroxylation sites is 1. The molecule has 2 atom stereocenters. The third-order valence-electron chi connectivity index (χ3n) is 6.94. The van der Waals surface area contributed by atoms with Gasteiger partial charge in [0.2, 0.25) is 5.91 Å². The van der Waals surface area contributed by atoms with Gasteiger partial charge in [-0.1, -0.05) is 50.3 Å². The van der Waals surface area contributed by atoms with Crippen LogP contribution in [0.25, 0.3) is 0 Å². The molecule has 0 radical (unpaired) electrons. The Morgan fingerprint density at radius 1 is 0.912 bits per heavy atom. The van der Waals surface area contributed by atoms with Gasteiger partial charge in [-0.2, -0.15) is 0 Å². The van der Waals surface area contributed by atoms with Gasteiger partial charge in [0.15, 0.2) is 0 Å². The van der Waals surface area contributed by atoms with Crippen LogP contribution in [-0.4, -0.2) is 48.9 Å². The van der Waals surface area contributed by atoms with Gasteiger partial charge in [0, 0.05) is 12.1 Å². The van der Waals surface area contributed by atoms with Crippen LogP contribution in [0.4, 0.5) is 0 Å². The number of amides is 2. The zero-order chi connectivity index (χ0) is 23.9. The van der Waals surface area contributed by atoms with Gasteiger partial charge in [-0.15, -0.1) is 0 Å². The molecular formula is C27H32N2O5. The lowest BCUT2D eigenvalue weighted by Gasteiger charge is -2.27. The van der Waals surface area contributed by atoms with E-state index in [0.29, 0.717) is 41.9 Å². The predicted molar refractivity (Wildman–Crippen MR) is 127 cm³/mol. The quantitative estimate of drug-likeness (QED) is 0.622. The minimum Gasteiger partial charge on any atom is -0.467 e. The van der Waals surface area contributed by atoms with E-state index >= 15 is 0 Å². The summed E-state index contributed by atoms with van der Waals surface area (Å²) in [5, 5.41) is 2.69. The van der Waals surface area contributed by atoms with Crippen molar-refractivity contribution >= 4 is 17.8 Å². The normalized spacial score (nSPS) is 20.6. The lowest BCUT2D eigenvalue weighted by Crippen LogP contribution is -2.46. The van der Waals surface area contributed by atoms with E-state index in [1.807, 2.05) is 30.3 Å². The number of hydrogen-bond donors (Lipinski definition) is 1. The van der Waals surface area contributed by atoms with Crippen LogP contribution in [0.2, 0.25) is 0 Å². The van der Waals surface area contributed by atoms with Crippen molar-refractivity contribution in [1.29, 1.82) is 0 Å². The number of carbonyl (C=O) groups excluding carboxylic acids is 3. The van der Waals surface area contributed by atoms with Gasteiger partial charge in [-0.25, -0.2) is 4.79 Å². The lowest BCUT2D eigenvalue weighted by atomic mass is 9.79. The van der Waals surface area contributed by atoms with Gasteiger partial charge in [-0.3, -0.25) is 9.59 Å². The second kappa shape index (κ2) is 11.2. The molecule has 1 saturated carbocycles. The van der Waals surface area contributed by atoms with E-state index in [4.69, 9.17) is 9.47 Å². The number of nitrogens with one attached hydrogen (secondary N) is 1. The Labute approximate surface area is 200 Å². The van der Waals surface area contributed by atoms with Crippen LogP contribution in [0, 0.1) is 11.8 Å². The maximum Gasteiger partial charge on any atom is 0.328 e. The van der Waals surface area contributed by atoms with Crippen molar-refractivity contribution in [3.8, 4) is 11.5 Å². The van der Waals surface area contributed by atoms with Gasteiger partial charge < -0.3 is 19.7 Å². The van der Waals surface area contributed by atoms with E-state index in [1.165, 1.54) is 26.4 Å². The summed E-state index contributed by atoms with van der Waals surface area (Å²) in [4.78, 5) is 39.5. The van der Waals surface area contributed by atoms with Crippen molar-refractivity contribution < 1.29 is 23.9 Å². The Morgan fingerprint density at radius 3 is 2.26 bits per heavy atom. The average Bonchev–Trinajstić information content (AvgIpc) is 3.34. The van der Waals surface area contributed by atoms with Crippen LogP contribution in [0.3, 0.4) is 0 Å². The fraction of sp³-hybridized carbons (Fsp3) is 0.444. The fourth-order valence-electron chi connectivity index (χ4n) is 5.11.